The van der Waals surface area contributed by atoms with Gasteiger partial charge >= 0.3 is 0 Å². The van der Waals surface area contributed by atoms with Crippen molar-refractivity contribution >= 4 is 21.6 Å². The van der Waals surface area contributed by atoms with Crippen LogP contribution in [0.2, 0.25) is 0 Å². The third-order valence-electron chi connectivity index (χ3n) is 5.37. The Morgan fingerprint density at radius 2 is 1.78 bits per heavy atom. The second kappa shape index (κ2) is 10.2. The molecule has 32 heavy (non-hydrogen) atoms. The molecule has 0 atom stereocenters. The smallest absolute Gasteiger partial charge is 0.256 e. The monoisotopic (exact) mass is 463 g/mol. The zero-order chi connectivity index (χ0) is 23.3. The molecule has 0 bridgehead atoms. The molecule has 1 saturated heterocycles. The summed E-state index contributed by atoms with van der Waals surface area (Å²) in [5.74, 6) is 0.883. The van der Waals surface area contributed by atoms with Gasteiger partial charge in [0.2, 0.25) is 10.0 Å². The molecule has 1 fully saturated rings. The molecule has 1 aliphatic rings. The lowest BCUT2D eigenvalue weighted by Gasteiger charge is -2.32. The highest BCUT2D eigenvalue weighted by atomic mass is 32.2. The van der Waals surface area contributed by atoms with Crippen molar-refractivity contribution in [2.45, 2.75) is 18.4 Å². The van der Waals surface area contributed by atoms with Gasteiger partial charge in [0.15, 0.2) is 11.5 Å². The molecule has 1 aliphatic heterocycles. The molecule has 174 valence electrons. The van der Waals surface area contributed by atoms with Crippen LogP contribution in [-0.4, -0.2) is 66.3 Å². The zero-order valence-electron chi connectivity index (χ0n) is 18.5. The molecular weight excluding hydrogens is 434 g/mol. The number of methoxy groups -OCH3 is 2. The molecule has 2 aromatic carbocycles. The molecule has 1 heterocycles. The van der Waals surface area contributed by atoms with E-state index in [0.29, 0.717) is 62.1 Å². The fourth-order valence-corrected chi connectivity index (χ4v) is 4.18. The maximum absolute atomic E-state index is 13.6. The molecule has 0 spiro atoms. The van der Waals surface area contributed by atoms with E-state index in [2.05, 4.69) is 0 Å². The highest BCUT2D eigenvalue weighted by Gasteiger charge is 2.25. The second-order valence-electron chi connectivity index (χ2n) is 7.33. The van der Waals surface area contributed by atoms with Crippen molar-refractivity contribution in [2.24, 2.45) is 5.14 Å². The maximum Gasteiger partial charge on any atom is 0.256 e. The van der Waals surface area contributed by atoms with E-state index in [4.69, 9.17) is 19.3 Å². The van der Waals surface area contributed by atoms with E-state index >= 15 is 0 Å². The van der Waals surface area contributed by atoms with Crippen molar-refractivity contribution in [3.63, 3.8) is 0 Å². The Morgan fingerprint density at radius 3 is 2.38 bits per heavy atom. The molecule has 2 aromatic rings. The first-order valence-electron chi connectivity index (χ1n) is 10.3. The van der Waals surface area contributed by atoms with Crippen LogP contribution >= 0.6 is 0 Å². The summed E-state index contributed by atoms with van der Waals surface area (Å²) < 4.78 is 40.0. The van der Waals surface area contributed by atoms with Gasteiger partial charge in [-0.05, 0) is 42.8 Å². The highest BCUT2D eigenvalue weighted by molar-refractivity contribution is 7.89. The lowest BCUT2D eigenvalue weighted by Crippen LogP contribution is -2.38. The first-order valence-corrected chi connectivity index (χ1v) is 11.8. The van der Waals surface area contributed by atoms with Crippen LogP contribution in [0.5, 0.6) is 11.5 Å². The fourth-order valence-electron chi connectivity index (χ4n) is 3.64. The molecule has 0 unspecified atom stereocenters. The summed E-state index contributed by atoms with van der Waals surface area (Å²) in [6, 6.07) is 9.90. The van der Waals surface area contributed by atoms with E-state index in [-0.39, 0.29) is 10.8 Å². The van der Waals surface area contributed by atoms with Crippen LogP contribution in [0.1, 0.15) is 22.8 Å². The SMILES string of the molecule is CCN(Cc1ccc(OC)c(OC)c1)C(=O)c1cc(S(N)(=O)=O)ccc1N1CCOCC1. The van der Waals surface area contributed by atoms with Gasteiger partial charge in [0.05, 0.1) is 37.9 Å². The highest BCUT2D eigenvalue weighted by Crippen LogP contribution is 2.30. The molecule has 3 rings (SSSR count). The predicted octanol–water partition coefficient (Wildman–Crippen LogP) is 1.85. The number of hydrogen-bond donors (Lipinski definition) is 1. The molecular formula is C22H29N3O6S. The number of nitrogens with two attached hydrogens (primary N) is 1. The van der Waals surface area contributed by atoms with E-state index in [0.717, 1.165) is 5.56 Å². The largest absolute Gasteiger partial charge is 0.493 e. The molecule has 10 heteroatoms. The van der Waals surface area contributed by atoms with Gasteiger partial charge < -0.3 is 24.0 Å². The van der Waals surface area contributed by atoms with Crippen molar-refractivity contribution in [3.8, 4) is 11.5 Å². The van der Waals surface area contributed by atoms with Crippen LogP contribution in [0.4, 0.5) is 5.69 Å². The van der Waals surface area contributed by atoms with Crippen molar-refractivity contribution in [1.29, 1.82) is 0 Å². The van der Waals surface area contributed by atoms with E-state index in [1.807, 2.05) is 24.0 Å². The lowest BCUT2D eigenvalue weighted by molar-refractivity contribution is 0.0751. The lowest BCUT2D eigenvalue weighted by atomic mass is 10.1. The molecule has 0 aromatic heterocycles. The molecule has 0 saturated carbocycles. The minimum absolute atomic E-state index is 0.0972. The van der Waals surface area contributed by atoms with Gasteiger partial charge in [-0.3, -0.25) is 4.79 Å². The van der Waals surface area contributed by atoms with E-state index in [1.165, 1.54) is 12.1 Å². The van der Waals surface area contributed by atoms with Crippen molar-refractivity contribution in [3.05, 3.63) is 47.5 Å². The maximum atomic E-state index is 13.6. The predicted molar refractivity (Wildman–Crippen MR) is 121 cm³/mol. The molecule has 1 amide bonds. The number of hydrogen-bond acceptors (Lipinski definition) is 7. The van der Waals surface area contributed by atoms with Crippen molar-refractivity contribution < 1.29 is 27.4 Å². The average Bonchev–Trinajstić information content (AvgIpc) is 2.81. The Kier molecular flexibility index (Phi) is 7.60. The number of nitrogens with zero attached hydrogens (tertiary/aromatic N) is 2. The first-order chi connectivity index (χ1) is 15.3. The molecule has 0 radical (unpaired) electrons. The summed E-state index contributed by atoms with van der Waals surface area (Å²) in [7, 11) is -0.845. The van der Waals surface area contributed by atoms with Crippen LogP contribution in [0, 0.1) is 0 Å². The Labute approximate surface area is 188 Å². The van der Waals surface area contributed by atoms with Crippen molar-refractivity contribution in [1.82, 2.24) is 4.90 Å². The third kappa shape index (κ3) is 5.32. The van der Waals surface area contributed by atoms with Crippen LogP contribution in [0.25, 0.3) is 0 Å². The first kappa shape index (κ1) is 23.8. The molecule has 0 aliphatic carbocycles. The molecule has 9 nitrogen and oxygen atoms in total. The van der Waals surface area contributed by atoms with E-state index < -0.39 is 10.0 Å². The Morgan fingerprint density at radius 1 is 1.09 bits per heavy atom. The number of anilines is 1. The van der Waals surface area contributed by atoms with Crippen LogP contribution < -0.4 is 19.5 Å². The standard InChI is InChI=1S/C22H29N3O6S/c1-4-24(15-16-5-8-20(29-2)21(13-16)30-3)22(26)18-14-17(32(23,27)28)6-7-19(18)25-9-11-31-12-10-25/h5-8,13-14H,4,9-12,15H2,1-3H3,(H2,23,27,28). The Balaban J connectivity index is 1.97. The van der Waals surface area contributed by atoms with Gasteiger partial charge in [-0.25, -0.2) is 13.6 Å². The number of morpholine rings is 1. The van der Waals surface area contributed by atoms with Crippen LogP contribution in [0.3, 0.4) is 0 Å². The third-order valence-corrected chi connectivity index (χ3v) is 6.28. The van der Waals surface area contributed by atoms with Crippen LogP contribution in [0.15, 0.2) is 41.3 Å². The number of sulfonamides is 1. The van der Waals surface area contributed by atoms with Gasteiger partial charge in [0, 0.05) is 31.9 Å². The Bertz CT molecular complexity index is 1070. The van der Waals surface area contributed by atoms with E-state index in [1.54, 1.807) is 31.3 Å². The minimum Gasteiger partial charge on any atom is -0.493 e. The van der Waals surface area contributed by atoms with Crippen molar-refractivity contribution in [2.75, 3.05) is 52.0 Å². The second-order valence-corrected chi connectivity index (χ2v) is 8.89. The van der Waals surface area contributed by atoms with E-state index in [9.17, 15) is 13.2 Å². The number of primary sulfonamides is 1. The van der Waals surface area contributed by atoms with Gasteiger partial charge in [-0.15, -0.1) is 0 Å². The average molecular weight is 464 g/mol. The van der Waals surface area contributed by atoms with Gasteiger partial charge in [-0.2, -0.15) is 0 Å². The summed E-state index contributed by atoms with van der Waals surface area (Å²) in [5, 5.41) is 5.33. The molecule has 2 N–H and O–H groups in total. The number of carbonyl (C=O) groups excluding carboxylic acids is 1. The summed E-state index contributed by atoms with van der Waals surface area (Å²) in [6.45, 7) is 4.90. The number of benzene rings is 2. The van der Waals surface area contributed by atoms with Gasteiger partial charge in [-0.1, -0.05) is 6.07 Å². The fraction of sp³-hybridized carbons (Fsp3) is 0.409. The van der Waals surface area contributed by atoms with Crippen LogP contribution in [-0.2, 0) is 21.3 Å². The summed E-state index contributed by atoms with van der Waals surface area (Å²) >= 11 is 0. The Hall–Kier alpha value is -2.82. The number of carbonyl (C=O) groups is 1. The normalized spacial score (nSPS) is 14.2. The number of rotatable bonds is 8. The topological polar surface area (TPSA) is 111 Å². The summed E-state index contributed by atoms with van der Waals surface area (Å²) in [5.41, 5.74) is 1.81. The van der Waals surface area contributed by atoms with Gasteiger partial charge in [0.25, 0.3) is 5.91 Å². The quantitative estimate of drug-likeness (QED) is 0.636. The summed E-state index contributed by atoms with van der Waals surface area (Å²) in [4.78, 5) is 17.1. The summed E-state index contributed by atoms with van der Waals surface area (Å²) in [6.07, 6.45) is 0. The number of amides is 1. The number of ether oxygens (including phenoxy) is 3. The zero-order valence-corrected chi connectivity index (χ0v) is 19.4. The minimum atomic E-state index is -3.96. The van der Waals surface area contributed by atoms with Gasteiger partial charge in [0.1, 0.15) is 0 Å².